The second kappa shape index (κ2) is 7.47. The molecule has 5 heteroatoms. The van der Waals surface area contributed by atoms with E-state index in [1.807, 2.05) is 49.6 Å². The number of benzene rings is 2. The predicted octanol–water partition coefficient (Wildman–Crippen LogP) is 5.24. The van der Waals surface area contributed by atoms with Crippen molar-refractivity contribution in [1.29, 1.82) is 0 Å². The zero-order valence-electron chi connectivity index (χ0n) is 13.1. The summed E-state index contributed by atoms with van der Waals surface area (Å²) < 4.78 is 2.09. The molecule has 4 rings (SSSR count). The van der Waals surface area contributed by atoms with E-state index in [2.05, 4.69) is 39.9 Å². The van der Waals surface area contributed by atoms with Gasteiger partial charge in [-0.3, -0.25) is 0 Å². The summed E-state index contributed by atoms with van der Waals surface area (Å²) in [6.07, 6.45) is 3.80. The van der Waals surface area contributed by atoms with Crippen LogP contribution in [0.1, 0.15) is 5.82 Å². The van der Waals surface area contributed by atoms with E-state index in [0.717, 1.165) is 33.7 Å². The lowest BCUT2D eigenvalue weighted by Crippen LogP contribution is -1.99. The third kappa shape index (κ3) is 3.14. The van der Waals surface area contributed by atoms with Crippen LogP contribution in [0, 0.1) is 6.92 Å². The third-order valence-corrected chi connectivity index (χ3v) is 3.86. The van der Waals surface area contributed by atoms with Gasteiger partial charge in [0.1, 0.15) is 5.82 Å². The maximum absolute atomic E-state index is 4.81. The van der Waals surface area contributed by atoms with Crippen LogP contribution in [0.3, 0.4) is 0 Å². The second-order valence-electron chi connectivity index (χ2n) is 5.25. The molecule has 0 radical (unpaired) electrons. The van der Waals surface area contributed by atoms with Crippen molar-refractivity contribution in [2.24, 2.45) is 0 Å². The molecule has 0 saturated carbocycles. The van der Waals surface area contributed by atoms with Gasteiger partial charge in [0.2, 0.25) is 0 Å². The quantitative estimate of drug-likeness (QED) is 0.491. The Balaban J connectivity index is 0.00000104. The first kappa shape index (κ1) is 18.0. The average Bonchev–Trinajstić information content (AvgIpc) is 3.00. The van der Waals surface area contributed by atoms with Crippen molar-refractivity contribution < 1.29 is 0 Å². The average molecular weight is 358 g/mol. The minimum absolute atomic E-state index is 0. The van der Waals surface area contributed by atoms with Gasteiger partial charge in [0, 0.05) is 23.3 Å². The van der Waals surface area contributed by atoms with Crippen molar-refractivity contribution in [3.8, 4) is 16.9 Å². The Kier molecular flexibility index (Phi) is 5.60. The number of rotatable bonds is 2. The van der Waals surface area contributed by atoms with Crippen molar-refractivity contribution in [1.82, 2.24) is 14.5 Å². The summed E-state index contributed by atoms with van der Waals surface area (Å²) >= 11 is 0. The molecule has 2 aromatic carbocycles. The van der Waals surface area contributed by atoms with E-state index in [0.29, 0.717) is 0 Å². The highest BCUT2D eigenvalue weighted by Crippen LogP contribution is 2.27. The lowest BCUT2D eigenvalue weighted by Gasteiger charge is -2.12. The molecule has 0 aliphatic carbocycles. The van der Waals surface area contributed by atoms with E-state index in [1.165, 1.54) is 0 Å². The monoisotopic (exact) mass is 357 g/mol. The topological polar surface area (TPSA) is 30.7 Å². The molecule has 0 saturated heterocycles. The molecule has 0 atom stereocenters. The number of pyridine rings is 1. The summed E-state index contributed by atoms with van der Waals surface area (Å²) in [5.74, 6) is 0.966. The van der Waals surface area contributed by atoms with Crippen molar-refractivity contribution in [2.75, 3.05) is 0 Å². The Morgan fingerprint density at radius 2 is 1.58 bits per heavy atom. The van der Waals surface area contributed by atoms with Gasteiger partial charge >= 0.3 is 0 Å². The molecule has 0 fully saturated rings. The number of para-hydroxylation sites is 2. The van der Waals surface area contributed by atoms with Crippen LogP contribution >= 0.6 is 24.8 Å². The summed E-state index contributed by atoms with van der Waals surface area (Å²) in [6, 6.07) is 20.7. The summed E-state index contributed by atoms with van der Waals surface area (Å²) in [5.41, 5.74) is 4.19. The van der Waals surface area contributed by atoms with Gasteiger partial charge in [0.25, 0.3) is 0 Å². The lowest BCUT2D eigenvalue weighted by atomic mass is 10.1. The number of nitrogens with zero attached hydrogens (tertiary/aromatic N) is 3. The number of fused-ring (bicyclic) bond motifs is 1. The molecule has 3 nitrogen and oxygen atoms in total. The SMILES string of the molecule is Cc1nccn1-c1ccccc1-c1ccc2ccccc2n1.Cl.Cl. The second-order valence-corrected chi connectivity index (χ2v) is 5.25. The van der Waals surface area contributed by atoms with Crippen LogP contribution in [-0.4, -0.2) is 14.5 Å². The van der Waals surface area contributed by atoms with Crippen LogP contribution in [0.5, 0.6) is 0 Å². The smallest absolute Gasteiger partial charge is 0.110 e. The molecule has 2 heterocycles. The molecule has 0 aliphatic rings. The number of aromatic nitrogens is 3. The van der Waals surface area contributed by atoms with Crippen molar-refractivity contribution in [2.45, 2.75) is 6.92 Å². The van der Waals surface area contributed by atoms with Crippen molar-refractivity contribution >= 4 is 35.7 Å². The minimum Gasteiger partial charge on any atom is -0.303 e. The standard InChI is InChI=1S/C19H15N3.2ClH/c1-14-20-12-13-22(14)19-9-5-3-7-16(19)18-11-10-15-6-2-4-8-17(15)21-18;;/h2-13H,1H3;2*1H. The number of halogens is 2. The molecule has 4 aromatic rings. The normalized spacial score (nSPS) is 10.0. The Morgan fingerprint density at radius 1 is 0.833 bits per heavy atom. The van der Waals surface area contributed by atoms with E-state index >= 15 is 0 Å². The Hall–Kier alpha value is -2.36. The third-order valence-electron chi connectivity index (χ3n) is 3.86. The number of aryl methyl sites for hydroxylation is 1. The highest BCUT2D eigenvalue weighted by molar-refractivity contribution is 5.85. The van der Waals surface area contributed by atoms with Gasteiger partial charge < -0.3 is 4.57 Å². The van der Waals surface area contributed by atoms with Gasteiger partial charge in [-0.05, 0) is 25.1 Å². The molecule has 0 aliphatic heterocycles. The van der Waals surface area contributed by atoms with Crippen LogP contribution in [-0.2, 0) is 0 Å². The Morgan fingerprint density at radius 3 is 2.38 bits per heavy atom. The fourth-order valence-corrected chi connectivity index (χ4v) is 2.75. The molecule has 0 bridgehead atoms. The van der Waals surface area contributed by atoms with Crippen LogP contribution in [0.25, 0.3) is 27.8 Å². The zero-order chi connectivity index (χ0) is 14.9. The van der Waals surface area contributed by atoms with E-state index in [9.17, 15) is 0 Å². The van der Waals surface area contributed by atoms with Gasteiger partial charge in [0.15, 0.2) is 0 Å². The summed E-state index contributed by atoms with van der Waals surface area (Å²) in [4.78, 5) is 9.13. The van der Waals surface area contributed by atoms with Crippen molar-refractivity contribution in [3.63, 3.8) is 0 Å². The van der Waals surface area contributed by atoms with Crippen LogP contribution in [0.15, 0.2) is 73.1 Å². The minimum atomic E-state index is 0. The fourth-order valence-electron chi connectivity index (χ4n) is 2.75. The fraction of sp³-hybridized carbons (Fsp3) is 0.0526. The highest BCUT2D eigenvalue weighted by Gasteiger charge is 2.09. The van der Waals surface area contributed by atoms with Crippen LogP contribution < -0.4 is 0 Å². The van der Waals surface area contributed by atoms with E-state index in [-0.39, 0.29) is 24.8 Å². The molecule has 0 N–H and O–H groups in total. The molecule has 2 aromatic heterocycles. The van der Waals surface area contributed by atoms with Gasteiger partial charge in [-0.1, -0.05) is 42.5 Å². The molecular weight excluding hydrogens is 341 g/mol. The maximum Gasteiger partial charge on any atom is 0.110 e. The molecule has 122 valence electrons. The predicted molar refractivity (Wildman–Crippen MR) is 104 cm³/mol. The van der Waals surface area contributed by atoms with E-state index in [1.54, 1.807) is 0 Å². The molecule has 24 heavy (non-hydrogen) atoms. The molecule has 0 amide bonds. The van der Waals surface area contributed by atoms with Crippen molar-refractivity contribution in [3.05, 3.63) is 78.9 Å². The first-order valence-corrected chi connectivity index (χ1v) is 7.28. The lowest BCUT2D eigenvalue weighted by molar-refractivity contribution is 0.975. The van der Waals surface area contributed by atoms with Crippen LogP contribution in [0.4, 0.5) is 0 Å². The molecule has 0 spiro atoms. The summed E-state index contributed by atoms with van der Waals surface area (Å²) in [6.45, 7) is 2.00. The largest absolute Gasteiger partial charge is 0.303 e. The van der Waals surface area contributed by atoms with E-state index in [4.69, 9.17) is 4.98 Å². The Labute approximate surface area is 153 Å². The van der Waals surface area contributed by atoms with Crippen LogP contribution in [0.2, 0.25) is 0 Å². The number of hydrogen-bond donors (Lipinski definition) is 0. The molecular formula is C19H17Cl2N3. The first-order valence-electron chi connectivity index (χ1n) is 7.28. The zero-order valence-corrected chi connectivity index (χ0v) is 14.7. The van der Waals surface area contributed by atoms with Gasteiger partial charge in [-0.2, -0.15) is 0 Å². The maximum atomic E-state index is 4.81. The van der Waals surface area contributed by atoms with Gasteiger partial charge in [-0.25, -0.2) is 9.97 Å². The molecule has 0 unspecified atom stereocenters. The highest BCUT2D eigenvalue weighted by atomic mass is 35.5. The van der Waals surface area contributed by atoms with Gasteiger partial charge in [0.05, 0.1) is 16.9 Å². The number of imidazole rings is 1. The first-order chi connectivity index (χ1) is 10.8. The number of hydrogen-bond acceptors (Lipinski definition) is 2. The van der Waals surface area contributed by atoms with Gasteiger partial charge in [-0.15, -0.1) is 24.8 Å². The van der Waals surface area contributed by atoms with E-state index < -0.39 is 0 Å². The summed E-state index contributed by atoms with van der Waals surface area (Å²) in [5, 5.41) is 1.16. The summed E-state index contributed by atoms with van der Waals surface area (Å²) in [7, 11) is 0. The Bertz CT molecular complexity index is 963.